The molecule has 0 saturated carbocycles. The maximum absolute atomic E-state index is 5.51. The van der Waals surface area contributed by atoms with Gasteiger partial charge in [-0.2, -0.15) is 0 Å². The van der Waals surface area contributed by atoms with Gasteiger partial charge in [0.1, 0.15) is 5.75 Å². The zero-order valence-corrected chi connectivity index (χ0v) is 20.9. The summed E-state index contributed by atoms with van der Waals surface area (Å²) in [4.78, 5) is 6.75. The number of rotatable bonds is 9. The Hall–Kier alpha value is -2.20. The minimum absolute atomic E-state index is 0. The lowest BCUT2D eigenvalue weighted by Crippen LogP contribution is -2.44. The number of hydrogen-bond donors (Lipinski definition) is 3. The Morgan fingerprint density at radius 1 is 1.13 bits per heavy atom. The van der Waals surface area contributed by atoms with Gasteiger partial charge in [-0.05, 0) is 36.2 Å². The van der Waals surface area contributed by atoms with E-state index >= 15 is 0 Å². The van der Waals surface area contributed by atoms with Gasteiger partial charge in [0.15, 0.2) is 5.96 Å². The minimum atomic E-state index is 0. The highest BCUT2D eigenvalue weighted by atomic mass is 127. The number of methoxy groups -OCH3 is 2. The molecule has 0 aliphatic carbocycles. The van der Waals surface area contributed by atoms with Crippen LogP contribution in [0, 0.1) is 0 Å². The molecule has 1 unspecified atom stereocenters. The van der Waals surface area contributed by atoms with Crippen LogP contribution in [0.25, 0.3) is 0 Å². The van der Waals surface area contributed by atoms with Crippen LogP contribution in [0.3, 0.4) is 0 Å². The van der Waals surface area contributed by atoms with Crippen LogP contribution in [-0.2, 0) is 11.3 Å². The number of halogens is 1. The van der Waals surface area contributed by atoms with Crippen molar-refractivity contribution < 1.29 is 9.47 Å². The second kappa shape index (κ2) is 13.3. The normalized spacial score (nSPS) is 15.9. The zero-order valence-electron chi connectivity index (χ0n) is 18.6. The summed E-state index contributed by atoms with van der Waals surface area (Å²) in [6.07, 6.45) is 1.06. The minimum Gasteiger partial charge on any atom is -0.495 e. The number of nitrogens with zero attached hydrogens (tertiary/aromatic N) is 2. The average molecular weight is 539 g/mol. The molecule has 1 aliphatic heterocycles. The van der Waals surface area contributed by atoms with Gasteiger partial charge in [0, 0.05) is 52.1 Å². The quantitative estimate of drug-likeness (QED) is 0.197. The standard InChI is InChI=1S/C23H33N5O2.HI/c1-24-23(26-16-18-8-10-19(11-9-18)25-13-15-29-2)27-20-12-14-28(17-20)21-6-4-5-7-22(21)30-3;/h4-11,20,25H,12-17H2,1-3H3,(H2,24,26,27);1H. The Balaban J connectivity index is 0.00000341. The van der Waals surface area contributed by atoms with Gasteiger partial charge in [0.05, 0.1) is 19.4 Å². The summed E-state index contributed by atoms with van der Waals surface area (Å²) >= 11 is 0. The largest absolute Gasteiger partial charge is 0.495 e. The first-order chi connectivity index (χ1) is 14.7. The highest BCUT2D eigenvalue weighted by molar-refractivity contribution is 14.0. The first-order valence-corrected chi connectivity index (χ1v) is 10.4. The van der Waals surface area contributed by atoms with Crippen molar-refractivity contribution in [2.45, 2.75) is 19.0 Å². The summed E-state index contributed by atoms with van der Waals surface area (Å²) in [7, 11) is 5.24. The molecule has 7 nitrogen and oxygen atoms in total. The Labute approximate surface area is 202 Å². The third kappa shape index (κ3) is 7.46. The SMILES string of the molecule is CN=C(NCc1ccc(NCCOC)cc1)NC1CCN(c2ccccc2OC)C1.I. The molecule has 1 saturated heterocycles. The van der Waals surface area contributed by atoms with E-state index in [2.05, 4.69) is 62.2 Å². The monoisotopic (exact) mass is 539 g/mol. The van der Waals surface area contributed by atoms with Gasteiger partial charge in [-0.25, -0.2) is 0 Å². The smallest absolute Gasteiger partial charge is 0.191 e. The molecule has 3 rings (SSSR count). The Bertz CT molecular complexity index is 816. The van der Waals surface area contributed by atoms with Crippen LogP contribution >= 0.6 is 24.0 Å². The van der Waals surface area contributed by atoms with Gasteiger partial charge >= 0.3 is 0 Å². The topological polar surface area (TPSA) is 70.2 Å². The van der Waals surface area contributed by atoms with Crippen molar-refractivity contribution in [3.63, 3.8) is 0 Å². The fourth-order valence-corrected chi connectivity index (χ4v) is 3.60. The zero-order chi connectivity index (χ0) is 21.2. The molecule has 3 N–H and O–H groups in total. The van der Waals surface area contributed by atoms with E-state index in [9.17, 15) is 0 Å². The summed E-state index contributed by atoms with van der Waals surface area (Å²) in [5.74, 6) is 1.74. The van der Waals surface area contributed by atoms with Crippen molar-refractivity contribution in [1.29, 1.82) is 0 Å². The number of para-hydroxylation sites is 2. The summed E-state index contributed by atoms with van der Waals surface area (Å²) in [5, 5.41) is 10.3. The fourth-order valence-electron chi connectivity index (χ4n) is 3.60. The molecule has 1 fully saturated rings. The van der Waals surface area contributed by atoms with E-state index in [4.69, 9.17) is 9.47 Å². The molecule has 0 amide bonds. The summed E-state index contributed by atoms with van der Waals surface area (Å²) < 4.78 is 10.6. The third-order valence-electron chi connectivity index (χ3n) is 5.23. The number of ether oxygens (including phenoxy) is 2. The molecule has 1 atom stereocenters. The molecule has 2 aromatic carbocycles. The number of anilines is 2. The highest BCUT2D eigenvalue weighted by Gasteiger charge is 2.25. The van der Waals surface area contributed by atoms with E-state index in [1.807, 2.05) is 19.2 Å². The molecule has 1 heterocycles. The summed E-state index contributed by atoms with van der Waals surface area (Å²) in [6.45, 7) is 4.13. The number of guanidine groups is 1. The molecule has 0 aromatic heterocycles. The second-order valence-corrected chi connectivity index (χ2v) is 7.29. The van der Waals surface area contributed by atoms with Crippen LogP contribution in [0.4, 0.5) is 11.4 Å². The number of benzene rings is 2. The maximum atomic E-state index is 5.51. The predicted molar refractivity (Wildman–Crippen MR) is 139 cm³/mol. The van der Waals surface area contributed by atoms with E-state index in [1.54, 1.807) is 14.2 Å². The Kier molecular flexibility index (Phi) is 10.7. The molecule has 1 aliphatic rings. The van der Waals surface area contributed by atoms with Gasteiger partial charge in [0.2, 0.25) is 0 Å². The van der Waals surface area contributed by atoms with Crippen LogP contribution in [-0.4, -0.2) is 59.5 Å². The molecule has 0 radical (unpaired) electrons. The lowest BCUT2D eigenvalue weighted by Gasteiger charge is -2.22. The predicted octanol–water partition coefficient (Wildman–Crippen LogP) is 3.32. The molecule has 170 valence electrons. The van der Waals surface area contributed by atoms with Crippen molar-refractivity contribution >= 4 is 41.3 Å². The molecule has 31 heavy (non-hydrogen) atoms. The Morgan fingerprint density at radius 3 is 2.61 bits per heavy atom. The summed E-state index contributed by atoms with van der Waals surface area (Å²) in [5.41, 5.74) is 3.45. The van der Waals surface area contributed by atoms with E-state index in [1.165, 1.54) is 5.56 Å². The van der Waals surface area contributed by atoms with Crippen molar-refractivity contribution in [3.8, 4) is 5.75 Å². The van der Waals surface area contributed by atoms with Gasteiger partial charge < -0.3 is 30.3 Å². The van der Waals surface area contributed by atoms with Crippen molar-refractivity contribution in [1.82, 2.24) is 10.6 Å². The van der Waals surface area contributed by atoms with Crippen LogP contribution in [0.1, 0.15) is 12.0 Å². The molecule has 0 bridgehead atoms. The Morgan fingerprint density at radius 2 is 1.90 bits per heavy atom. The van der Waals surface area contributed by atoms with Crippen molar-refractivity contribution in [2.75, 3.05) is 57.7 Å². The fraction of sp³-hybridized carbons (Fsp3) is 0.435. The van der Waals surface area contributed by atoms with Gasteiger partial charge in [-0.3, -0.25) is 4.99 Å². The molecule has 2 aromatic rings. The van der Waals surface area contributed by atoms with Crippen LogP contribution in [0.15, 0.2) is 53.5 Å². The van der Waals surface area contributed by atoms with Gasteiger partial charge in [-0.1, -0.05) is 24.3 Å². The van der Waals surface area contributed by atoms with Crippen molar-refractivity contribution in [2.24, 2.45) is 4.99 Å². The van der Waals surface area contributed by atoms with E-state index in [0.717, 1.165) is 55.7 Å². The number of nitrogens with one attached hydrogen (secondary N) is 3. The lowest BCUT2D eigenvalue weighted by atomic mass is 10.2. The molecule has 0 spiro atoms. The van der Waals surface area contributed by atoms with Gasteiger partial charge in [0.25, 0.3) is 0 Å². The molecule has 8 heteroatoms. The van der Waals surface area contributed by atoms with E-state index in [-0.39, 0.29) is 24.0 Å². The van der Waals surface area contributed by atoms with Crippen LogP contribution in [0.5, 0.6) is 5.75 Å². The second-order valence-electron chi connectivity index (χ2n) is 7.29. The molecular weight excluding hydrogens is 505 g/mol. The van der Waals surface area contributed by atoms with Gasteiger partial charge in [-0.15, -0.1) is 24.0 Å². The lowest BCUT2D eigenvalue weighted by molar-refractivity contribution is 0.211. The third-order valence-corrected chi connectivity index (χ3v) is 5.23. The first-order valence-electron chi connectivity index (χ1n) is 10.4. The van der Waals surface area contributed by atoms with Crippen LogP contribution < -0.4 is 25.6 Å². The first kappa shape index (κ1) is 25.1. The van der Waals surface area contributed by atoms with E-state index in [0.29, 0.717) is 12.6 Å². The molecular formula is C23H34IN5O2. The average Bonchev–Trinajstić information content (AvgIpc) is 3.26. The van der Waals surface area contributed by atoms with E-state index < -0.39 is 0 Å². The highest BCUT2D eigenvalue weighted by Crippen LogP contribution is 2.30. The summed E-state index contributed by atoms with van der Waals surface area (Å²) in [6, 6.07) is 16.9. The number of hydrogen-bond acceptors (Lipinski definition) is 5. The maximum Gasteiger partial charge on any atom is 0.191 e. The van der Waals surface area contributed by atoms with Crippen molar-refractivity contribution in [3.05, 3.63) is 54.1 Å². The van der Waals surface area contributed by atoms with Crippen LogP contribution in [0.2, 0.25) is 0 Å². The number of aliphatic imine (C=N–C) groups is 1.